The van der Waals surface area contributed by atoms with Crippen LogP contribution in [0.5, 0.6) is 28.7 Å². The highest BCUT2D eigenvalue weighted by molar-refractivity contribution is 6.06. The summed E-state index contributed by atoms with van der Waals surface area (Å²) >= 11 is 0. The summed E-state index contributed by atoms with van der Waals surface area (Å²) in [5, 5.41) is 0. The number of aliphatic imine (C=N–C) groups is 1. The van der Waals surface area contributed by atoms with Gasteiger partial charge in [-0.05, 0) is 135 Å². The van der Waals surface area contributed by atoms with Crippen LogP contribution in [0, 0.1) is 0 Å². The Labute approximate surface area is 382 Å². The SMILES string of the molecule is C=CN(C)c1cccc(C2=CN3C(=O)c4cc(OC)c(OCCCCCOc5cc6c(cc5OC)C(=O)N5C=C(c7ccc(OCCCN(C)C)cc7)CC5C=N6)cc4C(C)=C[C@@H]3C2)c1. The number of benzene rings is 4. The summed E-state index contributed by atoms with van der Waals surface area (Å²) in [5.74, 6) is 2.79. The number of fused-ring (bicyclic) bond motifs is 4. The van der Waals surface area contributed by atoms with Crippen molar-refractivity contribution in [1.82, 2.24) is 14.7 Å². The second kappa shape index (κ2) is 19.9. The Bertz CT molecular complexity index is 2560. The number of rotatable bonds is 19. The molecule has 4 aromatic carbocycles. The third-order valence-corrected chi connectivity index (χ3v) is 12.4. The van der Waals surface area contributed by atoms with Crippen LogP contribution >= 0.6 is 0 Å². The van der Waals surface area contributed by atoms with E-state index in [1.807, 2.05) is 77.9 Å². The molecule has 0 radical (unpaired) electrons. The van der Waals surface area contributed by atoms with Gasteiger partial charge in [-0.2, -0.15) is 0 Å². The van der Waals surface area contributed by atoms with Gasteiger partial charge in [-0.25, -0.2) is 0 Å². The molecule has 0 saturated carbocycles. The molecule has 12 nitrogen and oxygen atoms in total. The topological polar surface area (TPSA) is 106 Å². The van der Waals surface area contributed by atoms with Gasteiger partial charge in [0.05, 0.1) is 62.9 Å². The largest absolute Gasteiger partial charge is 0.494 e. The molecular weight excluding hydrogens is 819 g/mol. The number of anilines is 1. The lowest BCUT2D eigenvalue weighted by molar-refractivity contribution is 0.0803. The molecule has 2 atom stereocenters. The maximum atomic E-state index is 14.1. The van der Waals surface area contributed by atoms with E-state index >= 15 is 0 Å². The second-order valence-corrected chi connectivity index (χ2v) is 17.1. The van der Waals surface area contributed by atoms with Crippen LogP contribution in [0.3, 0.4) is 0 Å². The van der Waals surface area contributed by atoms with Crippen LogP contribution in [-0.4, -0.2) is 107 Å². The Kier molecular flexibility index (Phi) is 13.7. The summed E-state index contributed by atoms with van der Waals surface area (Å²) in [5.41, 5.74) is 8.83. The number of carbonyl (C=O) groups excluding carboxylic acids is 2. The highest BCUT2D eigenvalue weighted by Gasteiger charge is 2.35. The van der Waals surface area contributed by atoms with Gasteiger partial charge in [0, 0.05) is 50.4 Å². The summed E-state index contributed by atoms with van der Waals surface area (Å²) in [4.78, 5) is 40.5. The Morgan fingerprint density at radius 3 is 2.00 bits per heavy atom. The van der Waals surface area contributed by atoms with Crippen molar-refractivity contribution in [3.63, 3.8) is 0 Å². The number of carbonyl (C=O) groups is 2. The molecular formula is C53H59N5O7. The number of hydrogen-bond donors (Lipinski definition) is 0. The minimum absolute atomic E-state index is 0.0660. The summed E-state index contributed by atoms with van der Waals surface area (Å²) in [6.45, 7) is 8.49. The van der Waals surface area contributed by atoms with Gasteiger partial charge in [-0.15, -0.1) is 0 Å². The molecule has 0 bridgehead atoms. The quantitative estimate of drug-likeness (QED) is 0.0852. The number of nitrogens with zero attached hydrogens (tertiary/aromatic N) is 5. The van der Waals surface area contributed by atoms with Crippen molar-refractivity contribution in [2.75, 3.05) is 66.6 Å². The van der Waals surface area contributed by atoms with Gasteiger partial charge in [0.25, 0.3) is 11.8 Å². The molecule has 8 rings (SSSR count). The Hall–Kier alpha value is -6.79. The Morgan fingerprint density at radius 1 is 0.692 bits per heavy atom. The van der Waals surface area contributed by atoms with E-state index in [0.717, 1.165) is 83.5 Å². The van der Waals surface area contributed by atoms with Gasteiger partial charge in [0.1, 0.15) is 5.75 Å². The Balaban J connectivity index is 0.839. The van der Waals surface area contributed by atoms with Crippen molar-refractivity contribution in [2.24, 2.45) is 4.99 Å². The van der Waals surface area contributed by atoms with Crippen LogP contribution in [-0.2, 0) is 0 Å². The molecule has 65 heavy (non-hydrogen) atoms. The zero-order chi connectivity index (χ0) is 45.6. The number of ether oxygens (including phenoxy) is 5. The summed E-state index contributed by atoms with van der Waals surface area (Å²) in [7, 11) is 9.26. The number of hydrogen-bond acceptors (Lipinski definition) is 10. The van der Waals surface area contributed by atoms with Crippen LogP contribution in [0.1, 0.15) is 82.9 Å². The second-order valence-electron chi connectivity index (χ2n) is 17.1. The minimum atomic E-state index is -0.193. The highest BCUT2D eigenvalue weighted by Crippen LogP contribution is 2.42. The summed E-state index contributed by atoms with van der Waals surface area (Å²) in [6, 6.07) is 23.3. The molecule has 12 heteroatoms. The molecule has 4 aromatic rings. The predicted molar refractivity (Wildman–Crippen MR) is 258 cm³/mol. The highest BCUT2D eigenvalue weighted by atomic mass is 16.5. The van der Waals surface area contributed by atoms with Gasteiger partial charge in [-0.1, -0.05) is 36.9 Å². The van der Waals surface area contributed by atoms with Gasteiger partial charge in [0.15, 0.2) is 23.0 Å². The number of amides is 2. The first-order valence-electron chi connectivity index (χ1n) is 22.4. The third-order valence-electron chi connectivity index (χ3n) is 12.4. The van der Waals surface area contributed by atoms with E-state index in [9.17, 15) is 9.59 Å². The molecule has 0 N–H and O–H groups in total. The average Bonchev–Trinajstić information content (AvgIpc) is 3.91. The van der Waals surface area contributed by atoms with Gasteiger partial charge in [-0.3, -0.25) is 14.6 Å². The van der Waals surface area contributed by atoms with Crippen molar-refractivity contribution in [2.45, 2.75) is 57.5 Å². The lowest BCUT2D eigenvalue weighted by Crippen LogP contribution is -2.32. The predicted octanol–water partition coefficient (Wildman–Crippen LogP) is 9.89. The molecule has 4 aliphatic rings. The van der Waals surface area contributed by atoms with Crippen molar-refractivity contribution >= 4 is 46.1 Å². The van der Waals surface area contributed by atoms with E-state index in [0.29, 0.717) is 66.1 Å². The molecule has 1 unspecified atom stereocenters. The van der Waals surface area contributed by atoms with Gasteiger partial charge < -0.3 is 43.3 Å². The fourth-order valence-corrected chi connectivity index (χ4v) is 8.72. The lowest BCUT2D eigenvalue weighted by atomic mass is 9.97. The lowest BCUT2D eigenvalue weighted by Gasteiger charge is -2.20. The molecule has 0 spiro atoms. The van der Waals surface area contributed by atoms with Crippen LogP contribution in [0.4, 0.5) is 11.4 Å². The summed E-state index contributed by atoms with van der Waals surface area (Å²) < 4.78 is 29.9. The average molecular weight is 878 g/mol. The normalized spacial score (nSPS) is 17.2. The number of methoxy groups -OCH3 is 2. The van der Waals surface area contributed by atoms with E-state index < -0.39 is 0 Å². The first kappa shape index (κ1) is 44.8. The number of unbranched alkanes of at least 4 members (excludes halogenated alkanes) is 2. The van der Waals surface area contributed by atoms with Crippen LogP contribution in [0.15, 0.2) is 109 Å². The molecule has 0 aromatic heterocycles. The van der Waals surface area contributed by atoms with Gasteiger partial charge >= 0.3 is 0 Å². The molecule has 338 valence electrons. The third kappa shape index (κ3) is 9.83. The van der Waals surface area contributed by atoms with Crippen LogP contribution < -0.4 is 28.6 Å². The van der Waals surface area contributed by atoms with E-state index in [1.165, 1.54) is 0 Å². The van der Waals surface area contributed by atoms with Crippen molar-refractivity contribution in [3.8, 4) is 28.7 Å². The zero-order valence-corrected chi connectivity index (χ0v) is 38.3. The first-order valence-corrected chi connectivity index (χ1v) is 22.4. The van der Waals surface area contributed by atoms with Crippen molar-refractivity contribution in [3.05, 3.63) is 132 Å². The van der Waals surface area contributed by atoms with Crippen molar-refractivity contribution < 1.29 is 33.3 Å². The van der Waals surface area contributed by atoms with E-state index in [4.69, 9.17) is 28.7 Å². The van der Waals surface area contributed by atoms with Crippen LogP contribution in [0.25, 0.3) is 16.7 Å². The summed E-state index contributed by atoms with van der Waals surface area (Å²) in [6.07, 6.45) is 14.5. The molecule has 4 aliphatic heterocycles. The maximum absolute atomic E-state index is 14.1. The first-order chi connectivity index (χ1) is 31.5. The zero-order valence-electron chi connectivity index (χ0n) is 38.3. The molecule has 2 amide bonds. The fraction of sp³-hybridized carbons (Fsp3) is 0.340. The molecule has 0 fully saturated rings. The number of allylic oxidation sites excluding steroid dienone is 1. The smallest absolute Gasteiger partial charge is 0.260 e. The fourth-order valence-electron chi connectivity index (χ4n) is 8.72. The molecule has 0 saturated heterocycles. The molecule has 0 aliphatic carbocycles. The monoisotopic (exact) mass is 877 g/mol. The minimum Gasteiger partial charge on any atom is -0.494 e. The van der Waals surface area contributed by atoms with Crippen LogP contribution in [0.2, 0.25) is 0 Å². The molecule has 4 heterocycles. The maximum Gasteiger partial charge on any atom is 0.260 e. The Morgan fingerprint density at radius 2 is 1.31 bits per heavy atom. The van der Waals surface area contributed by atoms with E-state index in [1.54, 1.807) is 43.5 Å². The van der Waals surface area contributed by atoms with E-state index in [2.05, 4.69) is 50.7 Å². The van der Waals surface area contributed by atoms with Crippen molar-refractivity contribution in [1.29, 1.82) is 0 Å². The van der Waals surface area contributed by atoms with Gasteiger partial charge in [0.2, 0.25) is 0 Å². The standard InChI is InChI=1S/C53H59N5O7/c1-8-56(5)40-15-12-14-37(25-40)39-26-41-24-35(2)44-28-50(48(61-6)29-45(44)52(59)57(41)34-39)64-21-10-9-11-22-65-51-31-47-46(30-49(51)62-7)53(60)58-33-38(27-42(58)32-54-47)36-16-18-43(19-17-36)63-23-13-20-55(3)4/h8,12,14-19,24-25,28-34,41-42H,1,9-11,13,20-23,26-27H2,2-7H3/t41-,42?/m1/s1. The van der Waals surface area contributed by atoms with E-state index in [-0.39, 0.29) is 23.9 Å².